The first-order valence-electron chi connectivity index (χ1n) is 8.20. The Morgan fingerprint density at radius 2 is 1.88 bits per heavy atom. The van der Waals surface area contributed by atoms with Crippen LogP contribution in [-0.4, -0.2) is 33.4 Å². The van der Waals surface area contributed by atoms with E-state index in [0.717, 1.165) is 41.2 Å². The summed E-state index contributed by atoms with van der Waals surface area (Å²) in [5.74, 6) is 1.47. The minimum Gasteiger partial charge on any atom is -0.377 e. The van der Waals surface area contributed by atoms with E-state index in [1.54, 1.807) is 7.11 Å². The molecule has 0 saturated heterocycles. The average Bonchev–Trinajstić information content (AvgIpc) is 2.91. The van der Waals surface area contributed by atoms with Crippen LogP contribution in [0.25, 0.3) is 16.7 Å². The highest BCUT2D eigenvalue weighted by Gasteiger charge is 2.17. The van der Waals surface area contributed by atoms with Gasteiger partial charge in [0.15, 0.2) is 11.5 Å². The van der Waals surface area contributed by atoms with Crippen LogP contribution in [0.3, 0.4) is 0 Å². The van der Waals surface area contributed by atoms with Gasteiger partial charge in [0.2, 0.25) is 0 Å². The van der Waals surface area contributed by atoms with Gasteiger partial charge in [-0.3, -0.25) is 0 Å². The Hall–Kier alpha value is -2.47. The number of aromatic nitrogens is 4. The van der Waals surface area contributed by atoms with Crippen molar-refractivity contribution in [2.45, 2.75) is 33.8 Å². The van der Waals surface area contributed by atoms with E-state index in [1.165, 1.54) is 5.56 Å². The van der Waals surface area contributed by atoms with Gasteiger partial charge in [-0.25, -0.2) is 14.6 Å². The molecule has 126 valence electrons. The summed E-state index contributed by atoms with van der Waals surface area (Å²) in [6.07, 6.45) is 1.02. The van der Waals surface area contributed by atoms with E-state index < -0.39 is 0 Å². The van der Waals surface area contributed by atoms with Gasteiger partial charge in [-0.2, -0.15) is 5.10 Å². The highest BCUT2D eigenvalue weighted by molar-refractivity contribution is 5.90. The van der Waals surface area contributed by atoms with Crippen LogP contribution in [0.2, 0.25) is 0 Å². The van der Waals surface area contributed by atoms with E-state index in [0.29, 0.717) is 12.4 Å². The zero-order valence-corrected chi connectivity index (χ0v) is 14.6. The van der Waals surface area contributed by atoms with Gasteiger partial charge in [0, 0.05) is 13.7 Å². The largest absolute Gasteiger partial charge is 0.377 e. The third kappa shape index (κ3) is 3.10. The molecule has 1 aromatic carbocycles. The van der Waals surface area contributed by atoms with Crippen LogP contribution in [0.1, 0.15) is 30.4 Å². The first-order chi connectivity index (χ1) is 11.6. The van der Waals surface area contributed by atoms with Crippen molar-refractivity contribution in [3.05, 3.63) is 41.3 Å². The van der Waals surface area contributed by atoms with E-state index in [9.17, 15) is 0 Å². The van der Waals surface area contributed by atoms with E-state index in [-0.39, 0.29) is 0 Å². The quantitative estimate of drug-likeness (QED) is 0.752. The topological polar surface area (TPSA) is 64.9 Å². The maximum Gasteiger partial charge on any atom is 0.169 e. The van der Waals surface area contributed by atoms with Crippen LogP contribution in [0.4, 0.5) is 5.82 Å². The molecule has 0 saturated carbocycles. The second kappa shape index (κ2) is 6.97. The lowest BCUT2D eigenvalue weighted by atomic mass is 10.2. The Morgan fingerprint density at radius 3 is 2.54 bits per heavy atom. The van der Waals surface area contributed by atoms with Gasteiger partial charge in [0.05, 0.1) is 16.8 Å². The monoisotopic (exact) mass is 325 g/mol. The van der Waals surface area contributed by atoms with Crippen molar-refractivity contribution in [1.29, 1.82) is 0 Å². The number of hydrogen-bond donors (Lipinski definition) is 1. The summed E-state index contributed by atoms with van der Waals surface area (Å²) in [5, 5.41) is 9.05. The van der Waals surface area contributed by atoms with Crippen molar-refractivity contribution in [3.8, 4) is 5.69 Å². The number of hydrogen-bond acceptors (Lipinski definition) is 5. The Morgan fingerprint density at radius 1 is 1.12 bits per heavy atom. The lowest BCUT2D eigenvalue weighted by molar-refractivity contribution is 0.178. The van der Waals surface area contributed by atoms with Gasteiger partial charge >= 0.3 is 0 Å². The molecule has 0 spiro atoms. The van der Waals surface area contributed by atoms with E-state index >= 15 is 0 Å². The molecule has 0 radical (unpaired) electrons. The summed E-state index contributed by atoms with van der Waals surface area (Å²) in [6, 6.07) is 8.26. The molecule has 0 atom stereocenters. The van der Waals surface area contributed by atoms with Crippen molar-refractivity contribution < 1.29 is 4.74 Å². The fourth-order valence-corrected chi connectivity index (χ4v) is 2.66. The molecule has 0 aliphatic rings. The second-order valence-corrected chi connectivity index (χ2v) is 5.88. The normalized spacial score (nSPS) is 11.2. The number of rotatable bonds is 6. The van der Waals surface area contributed by atoms with Gasteiger partial charge in [0.25, 0.3) is 0 Å². The molecule has 0 bridgehead atoms. The van der Waals surface area contributed by atoms with Gasteiger partial charge in [-0.15, -0.1) is 0 Å². The first kappa shape index (κ1) is 16.4. The number of fused-ring (bicyclic) bond motifs is 1. The Labute approximate surface area is 141 Å². The molecule has 0 unspecified atom stereocenters. The standard InChI is InChI=1S/C18H23N5O/c1-5-10-19-17-16-13(3)22-23(14-8-6-12(2)7-9-14)18(16)21-15(20-17)11-24-4/h6-9H,5,10-11H2,1-4H3,(H,19,20,21). The molecule has 0 amide bonds. The Balaban J connectivity index is 2.20. The maximum absolute atomic E-state index is 5.22. The molecule has 6 heteroatoms. The zero-order valence-electron chi connectivity index (χ0n) is 14.6. The molecule has 3 rings (SSSR count). The fraction of sp³-hybridized carbons (Fsp3) is 0.389. The van der Waals surface area contributed by atoms with Gasteiger partial charge in [-0.1, -0.05) is 24.6 Å². The molecule has 3 aromatic rings. The predicted molar refractivity (Wildman–Crippen MR) is 95.6 cm³/mol. The van der Waals surface area contributed by atoms with Crippen molar-refractivity contribution in [1.82, 2.24) is 19.7 Å². The van der Waals surface area contributed by atoms with Gasteiger partial charge < -0.3 is 10.1 Å². The number of anilines is 1. The first-order valence-corrected chi connectivity index (χ1v) is 8.20. The zero-order chi connectivity index (χ0) is 17.1. The lowest BCUT2D eigenvalue weighted by Crippen LogP contribution is -2.08. The van der Waals surface area contributed by atoms with Crippen molar-refractivity contribution >= 4 is 16.9 Å². The minimum atomic E-state index is 0.370. The van der Waals surface area contributed by atoms with Crippen molar-refractivity contribution in [2.75, 3.05) is 19.0 Å². The molecule has 0 fully saturated rings. The predicted octanol–water partition coefficient (Wildman–Crippen LogP) is 3.40. The summed E-state index contributed by atoms with van der Waals surface area (Å²) in [7, 11) is 1.65. The molecule has 2 aromatic heterocycles. The summed E-state index contributed by atoms with van der Waals surface area (Å²) in [4.78, 5) is 9.29. The van der Waals surface area contributed by atoms with E-state index in [2.05, 4.69) is 53.4 Å². The molecule has 1 N–H and O–H groups in total. The van der Waals surface area contributed by atoms with Gasteiger partial charge in [-0.05, 0) is 32.4 Å². The van der Waals surface area contributed by atoms with Crippen LogP contribution >= 0.6 is 0 Å². The number of nitrogens with zero attached hydrogens (tertiary/aromatic N) is 4. The van der Waals surface area contributed by atoms with Crippen LogP contribution in [-0.2, 0) is 11.3 Å². The van der Waals surface area contributed by atoms with E-state index in [4.69, 9.17) is 9.84 Å². The third-order valence-corrected chi connectivity index (χ3v) is 3.84. The molecule has 6 nitrogen and oxygen atoms in total. The van der Waals surface area contributed by atoms with Crippen LogP contribution in [0.15, 0.2) is 24.3 Å². The third-order valence-electron chi connectivity index (χ3n) is 3.84. The molecular formula is C18H23N5O. The smallest absolute Gasteiger partial charge is 0.169 e. The Kier molecular flexibility index (Phi) is 4.76. The van der Waals surface area contributed by atoms with Crippen LogP contribution < -0.4 is 5.32 Å². The minimum absolute atomic E-state index is 0.370. The molecular weight excluding hydrogens is 302 g/mol. The summed E-state index contributed by atoms with van der Waals surface area (Å²) in [5.41, 5.74) is 3.92. The number of nitrogens with one attached hydrogen (secondary N) is 1. The van der Waals surface area contributed by atoms with Gasteiger partial charge in [0.1, 0.15) is 12.4 Å². The highest BCUT2D eigenvalue weighted by atomic mass is 16.5. The highest BCUT2D eigenvalue weighted by Crippen LogP contribution is 2.26. The fourth-order valence-electron chi connectivity index (χ4n) is 2.66. The summed E-state index contributed by atoms with van der Waals surface area (Å²) < 4.78 is 7.10. The van der Waals surface area contributed by atoms with Crippen LogP contribution in [0, 0.1) is 13.8 Å². The van der Waals surface area contributed by atoms with Crippen LogP contribution in [0.5, 0.6) is 0 Å². The molecule has 0 aliphatic carbocycles. The number of aryl methyl sites for hydroxylation is 2. The number of ether oxygens (including phenoxy) is 1. The molecule has 2 heterocycles. The molecule has 0 aliphatic heterocycles. The summed E-state index contributed by atoms with van der Waals surface area (Å²) in [6.45, 7) is 7.41. The average molecular weight is 325 g/mol. The van der Waals surface area contributed by atoms with Crippen molar-refractivity contribution in [2.24, 2.45) is 0 Å². The second-order valence-electron chi connectivity index (χ2n) is 5.88. The molecule has 24 heavy (non-hydrogen) atoms. The van der Waals surface area contributed by atoms with Crippen molar-refractivity contribution in [3.63, 3.8) is 0 Å². The maximum atomic E-state index is 5.22. The lowest BCUT2D eigenvalue weighted by Gasteiger charge is -2.09. The van der Waals surface area contributed by atoms with E-state index in [1.807, 2.05) is 11.6 Å². The number of methoxy groups -OCH3 is 1. The summed E-state index contributed by atoms with van der Waals surface area (Å²) >= 11 is 0. The Bertz CT molecular complexity index is 839. The SMILES string of the molecule is CCCNc1nc(COC)nc2c1c(C)nn2-c1ccc(C)cc1. The number of benzene rings is 1.